The Kier molecular flexibility index (Phi) is 3.28. The standard InChI is InChI=1S/C14H11FO3/c1-9(8-14(16)17)12-6-7-13(18-12)10-2-4-11(15)5-3-10/h2-8H,1H3,(H,16,17)/b9-8+. The van der Waals surface area contributed by atoms with Gasteiger partial charge in [0.15, 0.2) is 0 Å². The second-order valence-corrected chi connectivity index (χ2v) is 3.84. The van der Waals surface area contributed by atoms with Gasteiger partial charge in [-0.05, 0) is 48.9 Å². The molecule has 2 aromatic rings. The summed E-state index contributed by atoms with van der Waals surface area (Å²) >= 11 is 0. The summed E-state index contributed by atoms with van der Waals surface area (Å²) in [6, 6.07) is 9.31. The van der Waals surface area contributed by atoms with Crippen LogP contribution in [-0.2, 0) is 4.79 Å². The van der Waals surface area contributed by atoms with E-state index in [0.29, 0.717) is 17.1 Å². The predicted octanol–water partition coefficient (Wildman–Crippen LogP) is 3.57. The number of hydrogen-bond donors (Lipinski definition) is 1. The summed E-state index contributed by atoms with van der Waals surface area (Å²) in [5.41, 5.74) is 1.27. The van der Waals surface area contributed by atoms with Gasteiger partial charge >= 0.3 is 5.97 Å². The highest BCUT2D eigenvalue weighted by molar-refractivity contribution is 5.88. The topological polar surface area (TPSA) is 50.4 Å². The van der Waals surface area contributed by atoms with Crippen molar-refractivity contribution in [2.24, 2.45) is 0 Å². The molecule has 18 heavy (non-hydrogen) atoms. The lowest BCUT2D eigenvalue weighted by Crippen LogP contribution is -1.88. The number of carboxylic acids is 1. The smallest absolute Gasteiger partial charge is 0.328 e. The van der Waals surface area contributed by atoms with Crippen LogP contribution in [0.2, 0.25) is 0 Å². The van der Waals surface area contributed by atoms with Gasteiger partial charge in [0.2, 0.25) is 0 Å². The molecule has 0 radical (unpaired) electrons. The Labute approximate surface area is 103 Å². The van der Waals surface area contributed by atoms with E-state index in [4.69, 9.17) is 9.52 Å². The first kappa shape index (κ1) is 12.1. The maximum Gasteiger partial charge on any atom is 0.328 e. The Morgan fingerprint density at radius 3 is 2.50 bits per heavy atom. The van der Waals surface area contributed by atoms with Gasteiger partial charge < -0.3 is 9.52 Å². The molecule has 0 fully saturated rings. The predicted molar refractivity (Wildman–Crippen MR) is 65.4 cm³/mol. The molecule has 0 spiro atoms. The third-order valence-electron chi connectivity index (χ3n) is 2.46. The minimum Gasteiger partial charge on any atom is -0.478 e. The van der Waals surface area contributed by atoms with Crippen molar-refractivity contribution >= 4 is 11.5 Å². The van der Waals surface area contributed by atoms with Gasteiger partial charge in [0, 0.05) is 11.6 Å². The van der Waals surface area contributed by atoms with E-state index < -0.39 is 5.97 Å². The second kappa shape index (κ2) is 4.87. The number of carbonyl (C=O) groups is 1. The highest BCUT2D eigenvalue weighted by atomic mass is 19.1. The van der Waals surface area contributed by atoms with E-state index in [1.165, 1.54) is 12.1 Å². The highest BCUT2D eigenvalue weighted by Crippen LogP contribution is 2.25. The van der Waals surface area contributed by atoms with E-state index >= 15 is 0 Å². The first-order valence-electron chi connectivity index (χ1n) is 5.33. The van der Waals surface area contributed by atoms with Crippen LogP contribution >= 0.6 is 0 Å². The summed E-state index contributed by atoms with van der Waals surface area (Å²) in [5.74, 6) is -0.278. The van der Waals surface area contributed by atoms with Crippen molar-refractivity contribution in [1.82, 2.24) is 0 Å². The average Bonchev–Trinajstić information content (AvgIpc) is 2.78. The zero-order chi connectivity index (χ0) is 13.1. The average molecular weight is 246 g/mol. The Bertz CT molecular complexity index is 594. The van der Waals surface area contributed by atoms with E-state index in [2.05, 4.69) is 0 Å². The summed E-state index contributed by atoms with van der Waals surface area (Å²) in [7, 11) is 0. The fourth-order valence-corrected chi connectivity index (χ4v) is 1.58. The lowest BCUT2D eigenvalue weighted by atomic mass is 10.2. The fraction of sp³-hybridized carbons (Fsp3) is 0.0714. The van der Waals surface area contributed by atoms with Gasteiger partial charge in [-0.2, -0.15) is 0 Å². The molecule has 0 atom stereocenters. The number of rotatable bonds is 3. The molecule has 92 valence electrons. The van der Waals surface area contributed by atoms with Crippen LogP contribution in [0.4, 0.5) is 4.39 Å². The number of aliphatic carboxylic acids is 1. The van der Waals surface area contributed by atoms with Crippen molar-refractivity contribution in [3.8, 4) is 11.3 Å². The minimum atomic E-state index is -1.02. The summed E-state index contributed by atoms with van der Waals surface area (Å²) in [5, 5.41) is 8.64. The van der Waals surface area contributed by atoms with E-state index in [0.717, 1.165) is 11.6 Å². The molecule has 0 aliphatic heterocycles. The van der Waals surface area contributed by atoms with E-state index in [1.807, 2.05) is 0 Å². The van der Waals surface area contributed by atoms with Crippen LogP contribution in [0, 0.1) is 5.82 Å². The van der Waals surface area contributed by atoms with Gasteiger partial charge in [0.1, 0.15) is 17.3 Å². The number of hydrogen-bond acceptors (Lipinski definition) is 2. The maximum atomic E-state index is 12.8. The Morgan fingerprint density at radius 2 is 1.89 bits per heavy atom. The molecular formula is C14H11FO3. The first-order valence-corrected chi connectivity index (χ1v) is 5.33. The zero-order valence-corrected chi connectivity index (χ0v) is 9.68. The van der Waals surface area contributed by atoms with Crippen LogP contribution in [0.3, 0.4) is 0 Å². The van der Waals surface area contributed by atoms with Crippen LogP contribution in [0.15, 0.2) is 46.9 Å². The van der Waals surface area contributed by atoms with Crippen LogP contribution in [0.1, 0.15) is 12.7 Å². The fourth-order valence-electron chi connectivity index (χ4n) is 1.58. The Morgan fingerprint density at radius 1 is 1.22 bits per heavy atom. The summed E-state index contributed by atoms with van der Waals surface area (Å²) in [6.45, 7) is 1.65. The van der Waals surface area contributed by atoms with Gasteiger partial charge in [-0.15, -0.1) is 0 Å². The largest absolute Gasteiger partial charge is 0.478 e. The Hall–Kier alpha value is -2.36. The van der Waals surface area contributed by atoms with Gasteiger partial charge in [-0.3, -0.25) is 0 Å². The van der Waals surface area contributed by atoms with Crippen LogP contribution in [0.25, 0.3) is 16.9 Å². The second-order valence-electron chi connectivity index (χ2n) is 3.84. The zero-order valence-electron chi connectivity index (χ0n) is 9.68. The molecule has 0 bridgehead atoms. The lowest BCUT2D eigenvalue weighted by Gasteiger charge is -1.97. The van der Waals surface area contributed by atoms with E-state index in [1.54, 1.807) is 31.2 Å². The van der Waals surface area contributed by atoms with Crippen molar-refractivity contribution in [1.29, 1.82) is 0 Å². The molecule has 2 rings (SSSR count). The maximum absolute atomic E-state index is 12.8. The molecule has 0 saturated heterocycles. The third kappa shape index (κ3) is 2.66. The summed E-state index contributed by atoms with van der Waals surface area (Å²) < 4.78 is 18.3. The molecule has 1 aromatic carbocycles. The monoisotopic (exact) mass is 246 g/mol. The quantitative estimate of drug-likeness (QED) is 0.842. The molecule has 0 aliphatic carbocycles. The molecule has 4 heteroatoms. The third-order valence-corrected chi connectivity index (χ3v) is 2.46. The molecular weight excluding hydrogens is 235 g/mol. The normalized spacial score (nSPS) is 11.6. The SMILES string of the molecule is C/C(=C\C(=O)O)c1ccc(-c2ccc(F)cc2)o1. The minimum absolute atomic E-state index is 0.313. The molecule has 1 heterocycles. The van der Waals surface area contributed by atoms with Crippen LogP contribution in [-0.4, -0.2) is 11.1 Å². The van der Waals surface area contributed by atoms with Crippen molar-refractivity contribution in [3.05, 3.63) is 54.1 Å². The van der Waals surface area contributed by atoms with Gasteiger partial charge in [0.05, 0.1) is 0 Å². The van der Waals surface area contributed by atoms with Gasteiger partial charge in [0.25, 0.3) is 0 Å². The molecule has 0 aliphatic rings. The van der Waals surface area contributed by atoms with Crippen LogP contribution < -0.4 is 0 Å². The van der Waals surface area contributed by atoms with Crippen molar-refractivity contribution < 1.29 is 18.7 Å². The summed E-state index contributed by atoms with van der Waals surface area (Å²) in [4.78, 5) is 10.5. The summed E-state index contributed by atoms with van der Waals surface area (Å²) in [6.07, 6.45) is 1.08. The van der Waals surface area contributed by atoms with Gasteiger partial charge in [-0.1, -0.05) is 0 Å². The van der Waals surface area contributed by atoms with E-state index in [-0.39, 0.29) is 5.82 Å². The number of allylic oxidation sites excluding steroid dienone is 1. The number of carboxylic acid groups (broad SMARTS) is 1. The molecule has 1 N–H and O–H groups in total. The van der Waals surface area contributed by atoms with E-state index in [9.17, 15) is 9.18 Å². The molecule has 3 nitrogen and oxygen atoms in total. The van der Waals surface area contributed by atoms with Gasteiger partial charge in [-0.25, -0.2) is 9.18 Å². The number of halogens is 1. The molecule has 1 aromatic heterocycles. The van der Waals surface area contributed by atoms with Crippen LogP contribution in [0.5, 0.6) is 0 Å². The molecule has 0 unspecified atom stereocenters. The van der Waals surface area contributed by atoms with Crippen molar-refractivity contribution in [2.75, 3.05) is 0 Å². The molecule has 0 saturated carbocycles. The first-order chi connectivity index (χ1) is 8.56. The Balaban J connectivity index is 2.31. The van der Waals surface area contributed by atoms with Crippen molar-refractivity contribution in [3.63, 3.8) is 0 Å². The lowest BCUT2D eigenvalue weighted by molar-refractivity contribution is -0.131. The number of benzene rings is 1. The number of furan rings is 1. The van der Waals surface area contributed by atoms with Crippen molar-refractivity contribution in [2.45, 2.75) is 6.92 Å². The highest BCUT2D eigenvalue weighted by Gasteiger charge is 2.07. The molecule has 0 amide bonds.